The van der Waals surface area contributed by atoms with Crippen molar-refractivity contribution >= 4 is 12.1 Å². The van der Waals surface area contributed by atoms with Crippen LogP contribution in [0.3, 0.4) is 0 Å². The van der Waals surface area contributed by atoms with Gasteiger partial charge < -0.3 is 15.4 Å². The number of fused-ring (bicyclic) bond motifs is 1. The Morgan fingerprint density at radius 3 is 2.59 bits per heavy atom. The maximum Gasteiger partial charge on any atom is 0.491 e. The second kappa shape index (κ2) is 3.59. The van der Waals surface area contributed by atoms with Crippen LogP contribution >= 0.6 is 0 Å². The lowest BCUT2D eigenvalue weighted by Crippen LogP contribution is -2.49. The average molecular weight is 252 g/mol. The van der Waals surface area contributed by atoms with Crippen LogP contribution in [0.25, 0.3) is 0 Å². The van der Waals surface area contributed by atoms with Crippen molar-refractivity contribution < 1.29 is 27.5 Å². The number of ether oxygens (including phenoxy) is 1. The molecule has 0 spiro atoms. The molecule has 0 aromatic heterocycles. The standard InChI is InChI=1S/C9H11F3N2O3/c10-9(11,12)6(15)17-7(16)14-2-1-5-3-8(5,13)4-14/h5H,1-4,13H2. The molecular formula is C9H11F3N2O3. The topological polar surface area (TPSA) is 72.6 Å². The predicted molar refractivity (Wildman–Crippen MR) is 48.8 cm³/mol. The summed E-state index contributed by atoms with van der Waals surface area (Å²) >= 11 is 0. The number of hydrogen-bond donors (Lipinski definition) is 1. The third-order valence-corrected chi connectivity index (χ3v) is 3.18. The molecular weight excluding hydrogens is 241 g/mol. The number of carbonyl (C=O) groups excluding carboxylic acids is 2. The van der Waals surface area contributed by atoms with E-state index in [-0.39, 0.29) is 13.1 Å². The van der Waals surface area contributed by atoms with E-state index in [2.05, 4.69) is 4.74 Å². The lowest BCUT2D eigenvalue weighted by atomic mass is 10.1. The normalized spacial score (nSPS) is 31.8. The molecule has 2 fully saturated rings. The molecule has 1 saturated carbocycles. The molecule has 2 unspecified atom stereocenters. The van der Waals surface area contributed by atoms with Crippen LogP contribution in [0.4, 0.5) is 18.0 Å². The molecule has 1 heterocycles. The summed E-state index contributed by atoms with van der Waals surface area (Å²) in [5, 5.41) is 0. The van der Waals surface area contributed by atoms with Gasteiger partial charge in [-0.3, -0.25) is 0 Å². The highest BCUT2D eigenvalue weighted by Gasteiger charge is 2.55. The number of piperidine rings is 1. The third-order valence-electron chi connectivity index (χ3n) is 3.18. The monoisotopic (exact) mass is 252 g/mol. The van der Waals surface area contributed by atoms with Crippen molar-refractivity contribution in [3.05, 3.63) is 0 Å². The van der Waals surface area contributed by atoms with Crippen molar-refractivity contribution in [1.29, 1.82) is 0 Å². The SMILES string of the molecule is NC12CC1CCN(C(=O)OC(=O)C(F)(F)F)C2. The minimum absolute atomic E-state index is 0.141. The van der Waals surface area contributed by atoms with Crippen LogP contribution in [0.15, 0.2) is 0 Å². The predicted octanol–water partition coefficient (Wildman–Crippen LogP) is 0.635. The van der Waals surface area contributed by atoms with Crippen molar-refractivity contribution in [3.8, 4) is 0 Å². The molecule has 2 N–H and O–H groups in total. The Morgan fingerprint density at radius 2 is 2.06 bits per heavy atom. The largest absolute Gasteiger partial charge is 0.491 e. The summed E-state index contributed by atoms with van der Waals surface area (Å²) in [6, 6.07) is 0. The minimum Gasteiger partial charge on any atom is -0.369 e. The summed E-state index contributed by atoms with van der Waals surface area (Å²) in [6.45, 7) is 0.412. The van der Waals surface area contributed by atoms with Gasteiger partial charge in [0, 0.05) is 18.6 Å². The number of nitrogens with two attached hydrogens (primary N) is 1. The van der Waals surface area contributed by atoms with Gasteiger partial charge in [-0.2, -0.15) is 13.2 Å². The summed E-state index contributed by atoms with van der Waals surface area (Å²) in [5.74, 6) is -2.17. The molecule has 0 aromatic rings. The zero-order valence-electron chi connectivity index (χ0n) is 8.79. The van der Waals surface area contributed by atoms with Crippen LogP contribution in [-0.4, -0.2) is 41.8 Å². The van der Waals surface area contributed by atoms with E-state index < -0.39 is 23.8 Å². The molecule has 0 bridgehead atoms. The first-order valence-corrected chi connectivity index (χ1v) is 5.09. The zero-order chi connectivity index (χ0) is 12.8. The molecule has 0 aromatic carbocycles. The van der Waals surface area contributed by atoms with Crippen LogP contribution in [0.1, 0.15) is 12.8 Å². The number of nitrogens with zero attached hydrogens (tertiary/aromatic N) is 1. The lowest BCUT2D eigenvalue weighted by Gasteiger charge is -2.29. The fourth-order valence-corrected chi connectivity index (χ4v) is 2.09. The van der Waals surface area contributed by atoms with Crippen molar-refractivity contribution in [2.75, 3.05) is 13.1 Å². The van der Waals surface area contributed by atoms with E-state index in [1.807, 2.05) is 0 Å². The molecule has 2 aliphatic rings. The molecule has 1 amide bonds. The second-order valence-electron chi connectivity index (χ2n) is 4.50. The molecule has 8 heteroatoms. The zero-order valence-corrected chi connectivity index (χ0v) is 8.79. The Labute approximate surface area is 94.7 Å². The molecule has 5 nitrogen and oxygen atoms in total. The number of hydrogen-bond acceptors (Lipinski definition) is 4. The van der Waals surface area contributed by atoms with Crippen molar-refractivity contribution in [1.82, 2.24) is 4.90 Å². The number of halogens is 3. The van der Waals surface area contributed by atoms with E-state index in [0.29, 0.717) is 12.3 Å². The average Bonchev–Trinajstić information content (AvgIpc) is 2.86. The summed E-state index contributed by atoms with van der Waals surface area (Å²) in [4.78, 5) is 22.8. The number of carbonyl (C=O) groups is 2. The maximum absolute atomic E-state index is 11.9. The van der Waals surface area contributed by atoms with Gasteiger partial charge in [0.2, 0.25) is 0 Å². The molecule has 96 valence electrons. The minimum atomic E-state index is -5.16. The molecule has 1 saturated heterocycles. The van der Waals surface area contributed by atoms with Gasteiger partial charge in [-0.25, -0.2) is 9.59 Å². The van der Waals surface area contributed by atoms with Crippen LogP contribution in [0, 0.1) is 5.92 Å². The first-order chi connectivity index (χ1) is 7.72. The number of alkyl halides is 3. The Balaban J connectivity index is 1.90. The van der Waals surface area contributed by atoms with Crippen LogP contribution in [0.5, 0.6) is 0 Å². The highest BCUT2D eigenvalue weighted by Crippen LogP contribution is 2.47. The highest BCUT2D eigenvalue weighted by atomic mass is 19.4. The fraction of sp³-hybridized carbons (Fsp3) is 0.778. The Kier molecular flexibility index (Phi) is 2.57. The van der Waals surface area contributed by atoms with Gasteiger partial charge in [-0.15, -0.1) is 0 Å². The van der Waals surface area contributed by atoms with Gasteiger partial charge in [0.15, 0.2) is 0 Å². The second-order valence-corrected chi connectivity index (χ2v) is 4.50. The van der Waals surface area contributed by atoms with Crippen molar-refractivity contribution in [2.45, 2.75) is 24.6 Å². The van der Waals surface area contributed by atoms with Crippen LogP contribution in [0.2, 0.25) is 0 Å². The number of amides is 1. The van der Waals surface area contributed by atoms with Crippen LogP contribution < -0.4 is 5.73 Å². The van der Waals surface area contributed by atoms with E-state index >= 15 is 0 Å². The number of likely N-dealkylation sites (tertiary alicyclic amines) is 1. The fourth-order valence-electron chi connectivity index (χ4n) is 2.09. The Bertz CT molecular complexity index is 371. The van der Waals surface area contributed by atoms with Crippen molar-refractivity contribution in [3.63, 3.8) is 0 Å². The first-order valence-electron chi connectivity index (χ1n) is 5.09. The van der Waals surface area contributed by atoms with E-state index in [4.69, 9.17) is 5.73 Å². The van der Waals surface area contributed by atoms with E-state index in [9.17, 15) is 22.8 Å². The molecule has 17 heavy (non-hydrogen) atoms. The molecule has 0 radical (unpaired) electrons. The smallest absolute Gasteiger partial charge is 0.369 e. The summed E-state index contributed by atoms with van der Waals surface area (Å²) in [6.07, 6.45) is -5.05. The van der Waals surface area contributed by atoms with Gasteiger partial charge in [0.25, 0.3) is 0 Å². The third kappa shape index (κ3) is 2.36. The van der Waals surface area contributed by atoms with Crippen LogP contribution in [-0.2, 0) is 9.53 Å². The summed E-state index contributed by atoms with van der Waals surface area (Å²) in [7, 11) is 0. The number of esters is 1. The Morgan fingerprint density at radius 1 is 1.41 bits per heavy atom. The van der Waals surface area contributed by atoms with E-state index in [1.165, 1.54) is 0 Å². The highest BCUT2D eigenvalue weighted by molar-refractivity contribution is 5.87. The molecule has 2 rings (SSSR count). The maximum atomic E-state index is 11.9. The van der Waals surface area contributed by atoms with Gasteiger partial charge in [-0.05, 0) is 18.8 Å². The lowest BCUT2D eigenvalue weighted by molar-refractivity contribution is -0.193. The molecule has 2 atom stereocenters. The molecule has 1 aliphatic carbocycles. The summed E-state index contributed by atoms with van der Waals surface area (Å²) < 4.78 is 39.3. The van der Waals surface area contributed by atoms with Gasteiger partial charge in [0.05, 0.1) is 0 Å². The Hall–Kier alpha value is -1.31. The van der Waals surface area contributed by atoms with Crippen molar-refractivity contribution in [2.24, 2.45) is 11.7 Å². The molecule has 1 aliphatic heterocycles. The first kappa shape index (κ1) is 12.2. The van der Waals surface area contributed by atoms with E-state index in [1.54, 1.807) is 0 Å². The van der Waals surface area contributed by atoms with Gasteiger partial charge in [-0.1, -0.05) is 0 Å². The van der Waals surface area contributed by atoms with Gasteiger partial charge in [0.1, 0.15) is 0 Å². The number of rotatable bonds is 0. The summed E-state index contributed by atoms with van der Waals surface area (Å²) in [5.41, 5.74) is 5.34. The van der Waals surface area contributed by atoms with E-state index in [0.717, 1.165) is 11.3 Å². The van der Waals surface area contributed by atoms with Gasteiger partial charge >= 0.3 is 18.2 Å². The quantitative estimate of drug-likeness (QED) is 0.507.